The van der Waals surface area contributed by atoms with Gasteiger partial charge in [-0.05, 0) is 66.6 Å². The van der Waals surface area contributed by atoms with Gasteiger partial charge in [-0.15, -0.1) is 0 Å². The first-order valence-corrected chi connectivity index (χ1v) is 11.3. The molecule has 3 aromatic carbocycles. The number of halogens is 1. The predicted molar refractivity (Wildman–Crippen MR) is 131 cm³/mol. The standard InChI is InChI=1S/C27H22ClNO6/c1-2-14-35-27(34)18-4-3-5-20(15-18)29-23(16-8-12-21(30)13-9-16)22(25(32)26(29)33)24(31)17-6-10-19(28)11-7-17/h3-13,15,23,30-31H,2,14H2,1H3/b24-22+. The van der Waals surface area contributed by atoms with Crippen LogP contribution in [0.3, 0.4) is 0 Å². The number of rotatable bonds is 6. The lowest BCUT2D eigenvalue weighted by Gasteiger charge is -2.25. The van der Waals surface area contributed by atoms with Crippen LogP contribution in [0.4, 0.5) is 5.69 Å². The number of benzene rings is 3. The highest BCUT2D eigenvalue weighted by Crippen LogP contribution is 2.42. The molecule has 1 amide bonds. The molecule has 0 bridgehead atoms. The van der Waals surface area contributed by atoms with Gasteiger partial charge in [-0.1, -0.05) is 36.7 Å². The average molecular weight is 492 g/mol. The monoisotopic (exact) mass is 491 g/mol. The summed E-state index contributed by atoms with van der Waals surface area (Å²) in [5.74, 6) is -2.65. The molecule has 3 aromatic rings. The molecular weight excluding hydrogens is 470 g/mol. The number of aromatic hydroxyl groups is 1. The number of hydrogen-bond acceptors (Lipinski definition) is 6. The first-order chi connectivity index (χ1) is 16.8. The van der Waals surface area contributed by atoms with Crippen molar-refractivity contribution in [2.24, 2.45) is 0 Å². The maximum Gasteiger partial charge on any atom is 0.338 e. The highest BCUT2D eigenvalue weighted by molar-refractivity contribution is 6.51. The van der Waals surface area contributed by atoms with E-state index in [4.69, 9.17) is 16.3 Å². The van der Waals surface area contributed by atoms with Crippen molar-refractivity contribution in [2.75, 3.05) is 11.5 Å². The number of amides is 1. The molecule has 1 atom stereocenters. The van der Waals surface area contributed by atoms with Crippen LogP contribution in [0, 0.1) is 0 Å². The Bertz CT molecular complexity index is 1310. The molecule has 178 valence electrons. The lowest BCUT2D eigenvalue weighted by Crippen LogP contribution is -2.29. The topological polar surface area (TPSA) is 104 Å². The Morgan fingerprint density at radius 3 is 2.34 bits per heavy atom. The zero-order valence-electron chi connectivity index (χ0n) is 18.8. The van der Waals surface area contributed by atoms with Crippen LogP contribution in [0.25, 0.3) is 5.76 Å². The Kier molecular flexibility index (Phi) is 6.89. The van der Waals surface area contributed by atoms with Crippen LogP contribution in [0.1, 0.15) is 40.9 Å². The SMILES string of the molecule is CCCOC(=O)c1cccc(N2C(=O)C(=O)/C(=C(/O)c3ccc(Cl)cc3)C2c2ccc(O)cc2)c1. The van der Waals surface area contributed by atoms with E-state index in [0.29, 0.717) is 22.6 Å². The summed E-state index contributed by atoms with van der Waals surface area (Å²) in [4.78, 5) is 40.1. The number of carbonyl (C=O) groups is 3. The van der Waals surface area contributed by atoms with Crippen LogP contribution >= 0.6 is 11.6 Å². The number of aliphatic hydroxyl groups excluding tert-OH is 1. The summed E-state index contributed by atoms with van der Waals surface area (Å²) < 4.78 is 5.20. The molecule has 7 nitrogen and oxygen atoms in total. The van der Waals surface area contributed by atoms with E-state index >= 15 is 0 Å². The number of aliphatic hydroxyl groups is 1. The maximum absolute atomic E-state index is 13.3. The number of nitrogens with zero attached hydrogens (tertiary/aromatic N) is 1. The van der Waals surface area contributed by atoms with Gasteiger partial charge in [-0.25, -0.2) is 4.79 Å². The van der Waals surface area contributed by atoms with Gasteiger partial charge >= 0.3 is 5.97 Å². The second-order valence-electron chi connectivity index (χ2n) is 7.95. The fourth-order valence-electron chi connectivity index (χ4n) is 3.89. The third-order valence-electron chi connectivity index (χ3n) is 5.57. The van der Waals surface area contributed by atoms with Crippen molar-refractivity contribution in [1.82, 2.24) is 0 Å². The first-order valence-electron chi connectivity index (χ1n) is 10.9. The first kappa shape index (κ1) is 24.0. The molecule has 1 aliphatic heterocycles. The summed E-state index contributed by atoms with van der Waals surface area (Å²) in [5.41, 5.74) is 1.18. The van der Waals surface area contributed by atoms with Crippen molar-refractivity contribution < 1.29 is 29.3 Å². The number of hydrogen-bond donors (Lipinski definition) is 2. The predicted octanol–water partition coefficient (Wildman–Crippen LogP) is 5.24. The molecule has 8 heteroatoms. The van der Waals surface area contributed by atoms with Gasteiger partial charge in [0.1, 0.15) is 11.5 Å². The summed E-state index contributed by atoms with van der Waals surface area (Å²) in [7, 11) is 0. The van der Waals surface area contributed by atoms with Crippen molar-refractivity contribution in [3.63, 3.8) is 0 Å². The lowest BCUT2D eigenvalue weighted by molar-refractivity contribution is -0.132. The van der Waals surface area contributed by atoms with Crippen molar-refractivity contribution in [1.29, 1.82) is 0 Å². The van der Waals surface area contributed by atoms with Gasteiger partial charge in [0.05, 0.1) is 23.8 Å². The maximum atomic E-state index is 13.3. The zero-order chi connectivity index (χ0) is 25.1. The van der Waals surface area contributed by atoms with E-state index in [2.05, 4.69) is 0 Å². The van der Waals surface area contributed by atoms with E-state index in [1.54, 1.807) is 54.6 Å². The third-order valence-corrected chi connectivity index (χ3v) is 5.82. The number of Topliss-reactive ketones (excluding diaryl/α,β-unsaturated/α-hetero) is 1. The zero-order valence-corrected chi connectivity index (χ0v) is 19.5. The quantitative estimate of drug-likeness (QED) is 0.211. The van der Waals surface area contributed by atoms with Gasteiger partial charge in [0, 0.05) is 16.3 Å². The number of phenolic OH excluding ortho intramolecular Hbond substituents is 1. The number of anilines is 1. The molecular formula is C27H22ClNO6. The molecule has 0 aromatic heterocycles. The van der Waals surface area contributed by atoms with Crippen molar-refractivity contribution in [2.45, 2.75) is 19.4 Å². The Labute approximate surface area is 206 Å². The Morgan fingerprint density at radius 2 is 1.69 bits per heavy atom. The van der Waals surface area contributed by atoms with Crippen LogP contribution < -0.4 is 4.90 Å². The minimum Gasteiger partial charge on any atom is -0.508 e. The Balaban J connectivity index is 1.87. The van der Waals surface area contributed by atoms with Gasteiger partial charge in [-0.3, -0.25) is 14.5 Å². The summed E-state index contributed by atoms with van der Waals surface area (Å²) >= 11 is 5.95. The van der Waals surface area contributed by atoms with E-state index in [-0.39, 0.29) is 34.9 Å². The van der Waals surface area contributed by atoms with Crippen LogP contribution in [0.2, 0.25) is 5.02 Å². The molecule has 0 spiro atoms. The smallest absolute Gasteiger partial charge is 0.338 e. The molecule has 1 saturated heterocycles. The van der Waals surface area contributed by atoms with Crippen LogP contribution in [0.5, 0.6) is 5.75 Å². The van der Waals surface area contributed by atoms with E-state index < -0.39 is 23.7 Å². The fraction of sp³-hybridized carbons (Fsp3) is 0.148. The second kappa shape index (κ2) is 10.0. The number of phenols is 1. The van der Waals surface area contributed by atoms with Gasteiger partial charge in [0.15, 0.2) is 0 Å². The molecule has 0 radical (unpaired) electrons. The number of ketones is 1. The molecule has 0 saturated carbocycles. The Morgan fingerprint density at radius 1 is 1.00 bits per heavy atom. The van der Waals surface area contributed by atoms with E-state index in [9.17, 15) is 24.6 Å². The fourth-order valence-corrected chi connectivity index (χ4v) is 4.02. The molecule has 1 fully saturated rings. The average Bonchev–Trinajstić information content (AvgIpc) is 3.13. The Hall–Kier alpha value is -4.10. The normalized spacial score (nSPS) is 17.0. The van der Waals surface area contributed by atoms with Crippen molar-refractivity contribution >= 4 is 40.7 Å². The molecule has 0 aliphatic carbocycles. The molecule has 4 rings (SSSR count). The second-order valence-corrected chi connectivity index (χ2v) is 8.39. The summed E-state index contributed by atoms with van der Waals surface area (Å²) in [6.07, 6.45) is 0.658. The molecule has 35 heavy (non-hydrogen) atoms. The van der Waals surface area contributed by atoms with Crippen molar-refractivity contribution in [3.05, 3.63) is 100 Å². The molecule has 2 N–H and O–H groups in total. The minimum atomic E-state index is -1.01. The number of carbonyl (C=O) groups excluding carboxylic acids is 3. The number of ether oxygens (including phenoxy) is 1. The third kappa shape index (κ3) is 4.76. The molecule has 1 heterocycles. The van der Waals surface area contributed by atoms with E-state index in [0.717, 1.165) is 0 Å². The van der Waals surface area contributed by atoms with Gasteiger partial charge < -0.3 is 14.9 Å². The van der Waals surface area contributed by atoms with Gasteiger partial charge in [0.25, 0.3) is 11.7 Å². The van der Waals surface area contributed by atoms with Crippen LogP contribution in [0.15, 0.2) is 78.4 Å². The van der Waals surface area contributed by atoms with E-state index in [1.807, 2.05) is 6.92 Å². The van der Waals surface area contributed by atoms with Crippen molar-refractivity contribution in [3.8, 4) is 5.75 Å². The van der Waals surface area contributed by atoms with Gasteiger partial charge in [-0.2, -0.15) is 0 Å². The highest BCUT2D eigenvalue weighted by Gasteiger charge is 2.47. The van der Waals surface area contributed by atoms with Gasteiger partial charge in [0.2, 0.25) is 0 Å². The lowest BCUT2D eigenvalue weighted by atomic mass is 9.95. The minimum absolute atomic E-state index is 0.00377. The summed E-state index contributed by atoms with van der Waals surface area (Å²) in [6.45, 7) is 2.13. The largest absolute Gasteiger partial charge is 0.508 e. The summed E-state index contributed by atoms with van der Waals surface area (Å²) in [5, 5.41) is 21.3. The molecule has 1 unspecified atom stereocenters. The highest BCUT2D eigenvalue weighted by atomic mass is 35.5. The molecule has 1 aliphatic rings. The summed E-state index contributed by atoms with van der Waals surface area (Å²) in [6, 6.07) is 17.4. The van der Waals surface area contributed by atoms with Crippen LogP contribution in [-0.4, -0.2) is 34.5 Å². The van der Waals surface area contributed by atoms with Crippen LogP contribution in [-0.2, 0) is 14.3 Å². The number of esters is 1. The van der Waals surface area contributed by atoms with E-state index in [1.165, 1.54) is 23.1 Å².